The average Bonchev–Trinajstić information content (AvgIpc) is 2.50. The second kappa shape index (κ2) is 6.21. The molecule has 2 rings (SSSR count). The van der Waals surface area contributed by atoms with Gasteiger partial charge in [0.05, 0.1) is 0 Å². The van der Waals surface area contributed by atoms with Crippen LogP contribution in [0.3, 0.4) is 0 Å². The van der Waals surface area contributed by atoms with E-state index in [9.17, 15) is 0 Å². The van der Waals surface area contributed by atoms with Crippen molar-refractivity contribution in [1.29, 1.82) is 0 Å². The third-order valence-electron chi connectivity index (χ3n) is 3.56. The van der Waals surface area contributed by atoms with Crippen LogP contribution in [0.25, 0.3) is 16.7 Å². The Kier molecular flexibility index (Phi) is 4.37. The zero-order chi connectivity index (χ0) is 14.5. The molecule has 0 saturated heterocycles. The summed E-state index contributed by atoms with van der Waals surface area (Å²) in [7, 11) is 0. The van der Waals surface area contributed by atoms with Gasteiger partial charge in [-0.25, -0.2) is 0 Å². The molecular formula is C20H20. The number of hydrogen-bond donors (Lipinski definition) is 0. The normalized spacial score (nSPS) is 11.7. The standard InChI is InChI=1S/C20H20/c1-5-15(3)18(6-2)20-16(4)11-10-14-19(20)17-12-8-7-9-13-17/h5-14H,1-2H2,3-4H3/b18-15+. The van der Waals surface area contributed by atoms with Crippen molar-refractivity contribution < 1.29 is 0 Å². The first kappa shape index (κ1) is 14.1. The number of benzene rings is 2. The zero-order valence-corrected chi connectivity index (χ0v) is 12.2. The molecule has 0 amide bonds. The second-order valence-corrected chi connectivity index (χ2v) is 4.87. The van der Waals surface area contributed by atoms with Crippen LogP contribution in [0.4, 0.5) is 0 Å². The molecule has 0 heteroatoms. The molecule has 0 aliphatic rings. The first-order valence-electron chi connectivity index (χ1n) is 6.80. The number of rotatable bonds is 4. The van der Waals surface area contributed by atoms with Crippen molar-refractivity contribution in [2.45, 2.75) is 13.8 Å². The molecule has 100 valence electrons. The number of allylic oxidation sites excluding steroid dienone is 4. The molecule has 0 saturated carbocycles. The van der Waals surface area contributed by atoms with Crippen LogP contribution in [0.2, 0.25) is 0 Å². The topological polar surface area (TPSA) is 0 Å². The van der Waals surface area contributed by atoms with E-state index in [1.807, 2.05) is 18.2 Å². The van der Waals surface area contributed by atoms with Gasteiger partial charge in [0.1, 0.15) is 0 Å². The van der Waals surface area contributed by atoms with Crippen molar-refractivity contribution in [3.63, 3.8) is 0 Å². The van der Waals surface area contributed by atoms with Crippen LogP contribution in [0, 0.1) is 6.92 Å². The van der Waals surface area contributed by atoms with Crippen molar-refractivity contribution in [2.75, 3.05) is 0 Å². The number of aryl methyl sites for hydroxylation is 1. The van der Waals surface area contributed by atoms with Gasteiger partial charge in [-0.15, -0.1) is 0 Å². The van der Waals surface area contributed by atoms with Crippen molar-refractivity contribution in [1.82, 2.24) is 0 Å². The van der Waals surface area contributed by atoms with Gasteiger partial charge in [0, 0.05) is 0 Å². The van der Waals surface area contributed by atoms with E-state index in [-0.39, 0.29) is 0 Å². The Morgan fingerprint density at radius 2 is 1.60 bits per heavy atom. The molecule has 0 N–H and O–H groups in total. The minimum Gasteiger partial charge on any atom is -0.0988 e. The molecule has 0 unspecified atom stereocenters. The van der Waals surface area contributed by atoms with Crippen LogP contribution in [0.5, 0.6) is 0 Å². The lowest BCUT2D eigenvalue weighted by atomic mass is 9.89. The highest BCUT2D eigenvalue weighted by atomic mass is 14.1. The number of hydrogen-bond acceptors (Lipinski definition) is 0. The van der Waals surface area contributed by atoms with Gasteiger partial charge in [-0.1, -0.05) is 73.8 Å². The second-order valence-electron chi connectivity index (χ2n) is 4.87. The Morgan fingerprint density at radius 3 is 2.20 bits per heavy atom. The van der Waals surface area contributed by atoms with Crippen LogP contribution in [-0.4, -0.2) is 0 Å². The highest BCUT2D eigenvalue weighted by Crippen LogP contribution is 2.33. The maximum Gasteiger partial charge on any atom is -0.00737 e. The largest absolute Gasteiger partial charge is 0.0988 e. The van der Waals surface area contributed by atoms with E-state index in [0.29, 0.717) is 0 Å². The van der Waals surface area contributed by atoms with Crippen LogP contribution in [0.15, 0.2) is 79.4 Å². The summed E-state index contributed by atoms with van der Waals surface area (Å²) in [6.07, 6.45) is 3.81. The summed E-state index contributed by atoms with van der Waals surface area (Å²) in [5, 5.41) is 0. The van der Waals surface area contributed by atoms with E-state index in [1.54, 1.807) is 0 Å². The first-order valence-corrected chi connectivity index (χ1v) is 6.80. The predicted octanol–water partition coefficient (Wildman–Crippen LogP) is 5.81. The van der Waals surface area contributed by atoms with E-state index in [2.05, 4.69) is 69.5 Å². The van der Waals surface area contributed by atoms with Gasteiger partial charge in [-0.3, -0.25) is 0 Å². The van der Waals surface area contributed by atoms with Crippen molar-refractivity contribution >= 4 is 5.57 Å². The molecule has 0 fully saturated rings. The molecule has 0 bridgehead atoms. The monoisotopic (exact) mass is 260 g/mol. The highest BCUT2D eigenvalue weighted by Gasteiger charge is 2.11. The Balaban J connectivity index is 2.77. The fraction of sp³-hybridized carbons (Fsp3) is 0.100. The summed E-state index contributed by atoms with van der Waals surface area (Å²) in [5.41, 5.74) is 7.25. The quantitative estimate of drug-likeness (QED) is 0.609. The van der Waals surface area contributed by atoms with Crippen molar-refractivity contribution in [3.05, 3.63) is 90.5 Å². The van der Waals surface area contributed by atoms with E-state index in [0.717, 1.165) is 11.1 Å². The third kappa shape index (κ3) is 2.65. The lowest BCUT2D eigenvalue weighted by Gasteiger charge is -2.15. The molecular weight excluding hydrogens is 240 g/mol. The smallest absolute Gasteiger partial charge is 0.00737 e. The van der Waals surface area contributed by atoms with Crippen LogP contribution < -0.4 is 0 Å². The van der Waals surface area contributed by atoms with Gasteiger partial charge in [0.2, 0.25) is 0 Å². The van der Waals surface area contributed by atoms with Gasteiger partial charge < -0.3 is 0 Å². The van der Waals surface area contributed by atoms with E-state index in [1.165, 1.54) is 22.3 Å². The minimum atomic E-state index is 1.14. The van der Waals surface area contributed by atoms with Gasteiger partial charge >= 0.3 is 0 Å². The summed E-state index contributed by atoms with van der Waals surface area (Å²) >= 11 is 0. The molecule has 2 aromatic carbocycles. The average molecular weight is 260 g/mol. The van der Waals surface area contributed by atoms with E-state index >= 15 is 0 Å². The molecule has 0 radical (unpaired) electrons. The molecule has 20 heavy (non-hydrogen) atoms. The summed E-state index contributed by atoms with van der Waals surface area (Å²) in [4.78, 5) is 0. The SMILES string of the molecule is C=C/C(C)=C(\C=C)c1c(C)cccc1-c1ccccc1. The van der Waals surface area contributed by atoms with Crippen LogP contribution >= 0.6 is 0 Å². The minimum absolute atomic E-state index is 1.14. The molecule has 0 aromatic heterocycles. The molecule has 0 nitrogen and oxygen atoms in total. The van der Waals surface area contributed by atoms with Gasteiger partial charge in [0.15, 0.2) is 0 Å². The van der Waals surface area contributed by atoms with Gasteiger partial charge in [0.25, 0.3) is 0 Å². The third-order valence-corrected chi connectivity index (χ3v) is 3.56. The van der Waals surface area contributed by atoms with Gasteiger partial charge in [-0.05, 0) is 47.2 Å². The Bertz CT molecular complexity index is 658. The highest BCUT2D eigenvalue weighted by molar-refractivity contribution is 5.89. The molecule has 0 atom stereocenters. The zero-order valence-electron chi connectivity index (χ0n) is 12.2. The van der Waals surface area contributed by atoms with Gasteiger partial charge in [-0.2, -0.15) is 0 Å². The fourth-order valence-electron chi connectivity index (χ4n) is 2.45. The maximum absolute atomic E-state index is 3.98. The molecule has 0 spiro atoms. The summed E-state index contributed by atoms with van der Waals surface area (Å²) in [6, 6.07) is 16.9. The lowest BCUT2D eigenvalue weighted by Crippen LogP contribution is -1.94. The predicted molar refractivity (Wildman–Crippen MR) is 89.6 cm³/mol. The van der Waals surface area contributed by atoms with E-state index in [4.69, 9.17) is 0 Å². The van der Waals surface area contributed by atoms with E-state index < -0.39 is 0 Å². The van der Waals surface area contributed by atoms with Crippen molar-refractivity contribution in [2.24, 2.45) is 0 Å². The first-order chi connectivity index (χ1) is 9.69. The molecule has 2 aromatic rings. The fourth-order valence-corrected chi connectivity index (χ4v) is 2.45. The van der Waals surface area contributed by atoms with Crippen LogP contribution in [-0.2, 0) is 0 Å². The van der Waals surface area contributed by atoms with Crippen LogP contribution in [0.1, 0.15) is 18.1 Å². The summed E-state index contributed by atoms with van der Waals surface area (Å²) in [5.74, 6) is 0. The lowest BCUT2D eigenvalue weighted by molar-refractivity contribution is 1.40. The summed E-state index contributed by atoms with van der Waals surface area (Å²) in [6.45, 7) is 12.1. The van der Waals surface area contributed by atoms with Crippen molar-refractivity contribution in [3.8, 4) is 11.1 Å². The Hall–Kier alpha value is -2.34. The molecule has 0 heterocycles. The maximum atomic E-state index is 3.98. The Morgan fingerprint density at radius 1 is 0.900 bits per heavy atom. The summed E-state index contributed by atoms with van der Waals surface area (Å²) < 4.78 is 0. The Labute approximate surface area is 121 Å². The molecule has 0 aliphatic carbocycles. The molecule has 0 aliphatic heterocycles.